The molecule has 0 radical (unpaired) electrons. The lowest BCUT2D eigenvalue weighted by atomic mass is 10.3. The number of thioether (sulfide) groups is 1. The fraction of sp³-hybridized carbons (Fsp3) is 0.467. The highest BCUT2D eigenvalue weighted by Gasteiger charge is 2.38. The molecule has 0 aliphatic carbocycles. The molecule has 0 bridgehead atoms. The number of fused-ring (bicyclic) bond motifs is 1. The highest BCUT2D eigenvalue weighted by Crippen LogP contribution is 2.42. The van der Waals surface area contributed by atoms with E-state index in [0.29, 0.717) is 31.6 Å². The van der Waals surface area contributed by atoms with E-state index >= 15 is 0 Å². The Morgan fingerprint density at radius 2 is 2.23 bits per heavy atom. The van der Waals surface area contributed by atoms with E-state index in [0.717, 1.165) is 16.1 Å². The lowest BCUT2D eigenvalue weighted by molar-refractivity contribution is -0.476. The fourth-order valence-corrected chi connectivity index (χ4v) is 3.87. The quantitative estimate of drug-likeness (QED) is 0.838. The summed E-state index contributed by atoms with van der Waals surface area (Å²) in [6, 6.07) is 7.51. The van der Waals surface area contributed by atoms with Gasteiger partial charge in [0.05, 0.1) is 16.2 Å². The second-order valence-electron chi connectivity index (χ2n) is 5.42. The van der Waals surface area contributed by atoms with Gasteiger partial charge in [-0.2, -0.15) is 0 Å². The van der Waals surface area contributed by atoms with Gasteiger partial charge in [0.25, 0.3) is 11.1 Å². The Kier molecular flexibility index (Phi) is 4.42. The summed E-state index contributed by atoms with van der Waals surface area (Å²) in [5, 5.41) is 2.59. The molecule has 116 valence electrons. The third-order valence-corrected chi connectivity index (χ3v) is 5.14. The van der Waals surface area contributed by atoms with Crippen molar-refractivity contribution in [2.24, 2.45) is 0 Å². The number of para-hydroxylation sites is 1. The Morgan fingerprint density at radius 3 is 2.95 bits per heavy atom. The van der Waals surface area contributed by atoms with Crippen LogP contribution in [0.5, 0.6) is 0 Å². The van der Waals surface area contributed by atoms with Crippen LogP contribution >= 0.6 is 11.8 Å². The van der Waals surface area contributed by atoms with Gasteiger partial charge in [0.15, 0.2) is 0 Å². The van der Waals surface area contributed by atoms with Crippen molar-refractivity contribution in [1.29, 1.82) is 0 Å². The summed E-state index contributed by atoms with van der Waals surface area (Å²) in [5.74, 6) is -0.115. The number of likely N-dealkylation sites (tertiary alicyclic amines) is 1. The molecule has 1 aromatic carbocycles. The second kappa shape index (κ2) is 6.48. The van der Waals surface area contributed by atoms with E-state index in [-0.39, 0.29) is 23.7 Å². The molecule has 2 heterocycles. The topological polar surface area (TPSA) is 69.5 Å². The number of benzene rings is 1. The Labute approximate surface area is 132 Å². The van der Waals surface area contributed by atoms with Crippen molar-refractivity contribution in [1.82, 2.24) is 10.2 Å². The molecule has 6 nitrogen and oxygen atoms in total. The minimum Gasteiger partial charge on any atom is -0.354 e. The Morgan fingerprint density at radius 1 is 1.41 bits per heavy atom. The molecule has 1 N–H and O–H groups in total. The van der Waals surface area contributed by atoms with Crippen molar-refractivity contribution in [2.75, 3.05) is 19.6 Å². The third kappa shape index (κ3) is 3.14. The summed E-state index contributed by atoms with van der Waals surface area (Å²) < 4.78 is 1.01. The van der Waals surface area contributed by atoms with Crippen LogP contribution < -0.4 is 5.32 Å². The molecule has 2 amide bonds. The molecule has 0 spiro atoms. The van der Waals surface area contributed by atoms with Crippen molar-refractivity contribution < 1.29 is 14.3 Å². The number of nitrogens with one attached hydrogen (secondary N) is 1. The van der Waals surface area contributed by atoms with Crippen LogP contribution in [-0.4, -0.2) is 46.5 Å². The smallest absolute Gasteiger partial charge is 0.271 e. The zero-order valence-corrected chi connectivity index (χ0v) is 13.0. The van der Waals surface area contributed by atoms with Gasteiger partial charge in [0.1, 0.15) is 0 Å². The van der Waals surface area contributed by atoms with Crippen LogP contribution in [0, 0.1) is 4.91 Å². The van der Waals surface area contributed by atoms with E-state index in [9.17, 15) is 14.5 Å². The van der Waals surface area contributed by atoms with Gasteiger partial charge in [0, 0.05) is 36.9 Å². The summed E-state index contributed by atoms with van der Waals surface area (Å²) in [4.78, 5) is 38.0. The summed E-state index contributed by atoms with van der Waals surface area (Å²) >= 11 is 1.53. The van der Waals surface area contributed by atoms with E-state index in [4.69, 9.17) is 0 Å². The van der Waals surface area contributed by atoms with Crippen molar-refractivity contribution >= 4 is 29.3 Å². The molecular formula is C15H18N3O3S+. The first-order valence-electron chi connectivity index (χ1n) is 7.41. The summed E-state index contributed by atoms with van der Waals surface area (Å²) in [7, 11) is 0. The normalized spacial score (nSPS) is 20.4. The molecule has 2 aliphatic heterocycles. The number of nitrogens with zero attached hydrogens (tertiary/aromatic N) is 2. The number of carbonyl (C=O) groups excluding carboxylic acids is 2. The standard InChI is InChI=1S/C15H17N3O3S/c19-13(10-17-9-3-6-14(17)20)16-8-7-15-18(21)11-4-1-2-5-12(11)22-15/h1-2,4-5,15H,3,6-10H2/p+1. The van der Waals surface area contributed by atoms with Crippen LogP contribution in [0.4, 0.5) is 5.69 Å². The van der Waals surface area contributed by atoms with E-state index in [2.05, 4.69) is 5.32 Å². The van der Waals surface area contributed by atoms with E-state index in [1.165, 1.54) is 11.8 Å². The molecule has 3 rings (SSSR count). The molecular weight excluding hydrogens is 302 g/mol. The molecule has 0 saturated carbocycles. The number of rotatable bonds is 5. The maximum atomic E-state index is 12.1. The number of amides is 2. The molecule has 1 atom stereocenters. The second-order valence-corrected chi connectivity index (χ2v) is 6.64. The summed E-state index contributed by atoms with van der Waals surface area (Å²) in [6.45, 7) is 1.22. The number of nitroso groups, excluding NO2 is 1. The molecule has 22 heavy (non-hydrogen) atoms. The first kappa shape index (κ1) is 15.0. The molecule has 1 fully saturated rings. The largest absolute Gasteiger partial charge is 0.354 e. The van der Waals surface area contributed by atoms with Crippen molar-refractivity contribution in [3.8, 4) is 0 Å². The van der Waals surface area contributed by atoms with Crippen LogP contribution in [0.2, 0.25) is 0 Å². The lowest BCUT2D eigenvalue weighted by Crippen LogP contribution is -2.38. The number of hydrogen-bond acceptors (Lipinski definition) is 4. The van der Waals surface area contributed by atoms with Gasteiger partial charge in [-0.1, -0.05) is 12.1 Å². The third-order valence-electron chi connectivity index (χ3n) is 3.85. The first-order valence-corrected chi connectivity index (χ1v) is 8.29. The van der Waals surface area contributed by atoms with Gasteiger partial charge in [0.2, 0.25) is 11.8 Å². The Balaban J connectivity index is 1.43. The predicted octanol–water partition coefficient (Wildman–Crippen LogP) is 1.66. The lowest BCUT2D eigenvalue weighted by Gasteiger charge is -2.14. The average Bonchev–Trinajstić information content (AvgIpc) is 3.04. The van der Waals surface area contributed by atoms with Gasteiger partial charge in [-0.25, -0.2) is 0 Å². The van der Waals surface area contributed by atoms with Gasteiger partial charge in [-0.05, 0) is 24.2 Å². The molecule has 1 aromatic rings. The first-order chi connectivity index (χ1) is 10.6. The van der Waals surface area contributed by atoms with Crippen molar-refractivity contribution in [2.45, 2.75) is 29.5 Å². The molecule has 0 aromatic heterocycles. The van der Waals surface area contributed by atoms with E-state index < -0.39 is 0 Å². The molecule has 1 unspecified atom stereocenters. The van der Waals surface area contributed by atoms with Crippen LogP contribution in [0.15, 0.2) is 29.2 Å². The van der Waals surface area contributed by atoms with Crippen LogP contribution in [-0.2, 0) is 9.59 Å². The molecule has 7 heteroatoms. The van der Waals surface area contributed by atoms with Crippen LogP contribution in [0.1, 0.15) is 19.3 Å². The highest BCUT2D eigenvalue weighted by atomic mass is 32.2. The number of hydrogen-bond donors (Lipinski definition) is 1. The maximum absolute atomic E-state index is 12.1. The van der Waals surface area contributed by atoms with Gasteiger partial charge in [-0.15, -0.1) is 0 Å². The van der Waals surface area contributed by atoms with Gasteiger partial charge in [-0.3, -0.25) is 9.59 Å². The maximum Gasteiger partial charge on any atom is 0.271 e. The SMILES string of the molecule is O=C(CN1CCCC1=O)NCCC1Sc2ccccc2[N+]1=O. The number of carbonyl (C=O) groups is 2. The zero-order valence-electron chi connectivity index (χ0n) is 12.2. The minimum atomic E-state index is -0.203. The van der Waals surface area contributed by atoms with Crippen LogP contribution in [0.25, 0.3) is 0 Å². The van der Waals surface area contributed by atoms with E-state index in [1.54, 1.807) is 4.90 Å². The average molecular weight is 320 g/mol. The Hall–Kier alpha value is -1.89. The van der Waals surface area contributed by atoms with Crippen molar-refractivity contribution in [3.63, 3.8) is 0 Å². The minimum absolute atomic E-state index is 0.0441. The summed E-state index contributed by atoms with van der Waals surface area (Å²) in [5.41, 5.74) is 0.700. The van der Waals surface area contributed by atoms with Gasteiger partial charge < -0.3 is 10.2 Å². The van der Waals surface area contributed by atoms with Gasteiger partial charge >= 0.3 is 0 Å². The monoisotopic (exact) mass is 320 g/mol. The summed E-state index contributed by atoms with van der Waals surface area (Å²) in [6.07, 6.45) is 1.94. The fourth-order valence-electron chi connectivity index (χ4n) is 2.70. The highest BCUT2D eigenvalue weighted by molar-refractivity contribution is 8.00. The predicted molar refractivity (Wildman–Crippen MR) is 82.8 cm³/mol. The molecule has 2 aliphatic rings. The van der Waals surface area contributed by atoms with Crippen molar-refractivity contribution in [3.05, 3.63) is 29.2 Å². The zero-order chi connectivity index (χ0) is 15.5. The van der Waals surface area contributed by atoms with E-state index in [1.807, 2.05) is 24.3 Å². The Bertz CT molecular complexity index is 620. The van der Waals surface area contributed by atoms with Crippen LogP contribution in [0.3, 0.4) is 0 Å². The molecule has 1 saturated heterocycles.